The van der Waals surface area contributed by atoms with Crippen molar-refractivity contribution in [1.82, 2.24) is 0 Å². The summed E-state index contributed by atoms with van der Waals surface area (Å²) in [6, 6.07) is 0. The van der Waals surface area contributed by atoms with E-state index in [2.05, 4.69) is 0 Å². The standard InChI is InChI=1S/2C2H4.ClH.Rh/c2*1-2;;/h2*1-2H2;1H;/q;;;+1/p-1. The van der Waals surface area contributed by atoms with Crippen molar-refractivity contribution in [1.29, 1.82) is 0 Å². The first-order chi connectivity index (χ1) is 2.71. The average Bonchev–Trinajstić information content (AvgIpc) is 2.28. The van der Waals surface area contributed by atoms with Crippen molar-refractivity contribution in [2.75, 3.05) is 0 Å². The maximum atomic E-state index is 6.18. The molecule has 0 aromatic heterocycles. The van der Waals surface area contributed by atoms with Gasteiger partial charge in [-0.2, -0.15) is 0 Å². The first-order valence-corrected chi connectivity index (χ1v) is 8.81. The molecule has 2 fully saturated rings. The predicted molar refractivity (Wildman–Crippen MR) is 25.1 cm³/mol. The van der Waals surface area contributed by atoms with Gasteiger partial charge in [-0.25, -0.2) is 0 Å². The average molecular weight is 194 g/mol. The van der Waals surface area contributed by atoms with Crippen molar-refractivity contribution in [2.45, 2.75) is 20.1 Å². The number of hydrogen-bond acceptors (Lipinski definition) is 0. The van der Waals surface area contributed by atoms with Crippen LogP contribution >= 0.6 is 9.69 Å². The molecule has 6 heavy (non-hydrogen) atoms. The molecule has 0 radical (unpaired) electrons. The van der Waals surface area contributed by atoms with Crippen molar-refractivity contribution in [2.24, 2.45) is 0 Å². The van der Waals surface area contributed by atoms with E-state index < -0.39 is 12.6 Å². The first-order valence-electron chi connectivity index (χ1n) is 2.07. The molecule has 0 unspecified atom stereocenters. The van der Waals surface area contributed by atoms with Gasteiger partial charge in [-0.05, 0) is 0 Å². The zero-order valence-electron chi connectivity index (χ0n) is 3.54. The summed E-state index contributed by atoms with van der Waals surface area (Å²) in [4.78, 5) is 0. The van der Waals surface area contributed by atoms with Crippen LogP contribution in [0.5, 0.6) is 0 Å². The second-order valence-electron chi connectivity index (χ2n) is 2.02. The van der Waals surface area contributed by atoms with E-state index in [4.69, 9.17) is 9.69 Å². The fraction of sp³-hybridized carbons (Fsp3) is 1.00. The first kappa shape index (κ1) is 3.86. The molecule has 0 bridgehead atoms. The van der Waals surface area contributed by atoms with Gasteiger partial charge in [-0.15, -0.1) is 0 Å². The zero-order valence-corrected chi connectivity index (χ0v) is 5.93. The van der Waals surface area contributed by atoms with Gasteiger partial charge >= 0.3 is 42.4 Å². The second-order valence-corrected chi connectivity index (χ2v) is 16.2. The molecule has 2 aliphatic rings. The molecule has 0 amide bonds. The molecule has 2 aliphatic heterocycles. The fourth-order valence-electron chi connectivity index (χ4n) is 0.532. The molecule has 0 aromatic carbocycles. The quantitative estimate of drug-likeness (QED) is 0.520. The Hall–Kier alpha value is 0.913. The van der Waals surface area contributed by atoms with Gasteiger partial charge in [0.25, 0.3) is 0 Å². The molecule has 2 saturated heterocycles. The summed E-state index contributed by atoms with van der Waals surface area (Å²) in [6.45, 7) is 0. The minimum atomic E-state index is -1.43. The van der Waals surface area contributed by atoms with Gasteiger partial charge in [0.1, 0.15) is 0 Å². The van der Waals surface area contributed by atoms with Gasteiger partial charge in [-0.3, -0.25) is 0 Å². The molecule has 0 saturated carbocycles. The van der Waals surface area contributed by atoms with Crippen LogP contribution in [0.1, 0.15) is 0 Å². The van der Waals surface area contributed by atoms with E-state index in [1.54, 1.807) is 0 Å². The van der Waals surface area contributed by atoms with E-state index in [1.165, 1.54) is 20.1 Å². The topological polar surface area (TPSA) is 0 Å². The Bertz CT molecular complexity index is 82.6. The van der Waals surface area contributed by atoms with Crippen LogP contribution in [0.15, 0.2) is 0 Å². The molecule has 0 aliphatic carbocycles. The van der Waals surface area contributed by atoms with E-state index in [0.29, 0.717) is 0 Å². The molecule has 0 N–H and O–H groups in total. The van der Waals surface area contributed by atoms with Crippen LogP contribution in [0.25, 0.3) is 0 Å². The van der Waals surface area contributed by atoms with Crippen molar-refractivity contribution < 1.29 is 12.6 Å². The van der Waals surface area contributed by atoms with Gasteiger partial charge < -0.3 is 0 Å². The Labute approximate surface area is 42.7 Å². The fourth-order valence-corrected chi connectivity index (χ4v) is 11.9. The third kappa shape index (κ3) is 0.338. The van der Waals surface area contributed by atoms with Crippen LogP contribution in [-0.2, 0) is 12.6 Å². The summed E-state index contributed by atoms with van der Waals surface area (Å²) in [7, 11) is 6.18. The molecule has 0 atom stereocenters. The van der Waals surface area contributed by atoms with Gasteiger partial charge in [-0.1, -0.05) is 0 Å². The van der Waals surface area contributed by atoms with Gasteiger partial charge in [0.15, 0.2) is 0 Å². The number of rotatable bonds is 0. The van der Waals surface area contributed by atoms with Crippen molar-refractivity contribution in [3.63, 3.8) is 0 Å². The minimum absolute atomic E-state index is 1.43. The van der Waals surface area contributed by atoms with Crippen LogP contribution in [0.3, 0.4) is 0 Å². The Morgan fingerprint density at radius 2 is 1.33 bits per heavy atom. The van der Waals surface area contributed by atoms with E-state index in [9.17, 15) is 0 Å². The second kappa shape index (κ2) is 0.642. The summed E-state index contributed by atoms with van der Waals surface area (Å²) >= 11 is -1.43. The zero-order chi connectivity index (χ0) is 4.28. The van der Waals surface area contributed by atoms with Crippen LogP contribution < -0.4 is 0 Å². The molecule has 0 aromatic rings. The predicted octanol–water partition coefficient (Wildman–Crippen LogP) is 2.53. The molecular formula is C4H8ClRh. The molecular weight excluding hydrogens is 186 g/mol. The van der Waals surface area contributed by atoms with Gasteiger partial charge in [0, 0.05) is 0 Å². The third-order valence-electron chi connectivity index (χ3n) is 1.53. The summed E-state index contributed by atoms with van der Waals surface area (Å²) in [5.74, 6) is 0. The summed E-state index contributed by atoms with van der Waals surface area (Å²) in [5, 5.41) is 5.85. The summed E-state index contributed by atoms with van der Waals surface area (Å²) in [6.07, 6.45) is 0. The normalized spacial score (nSPS) is 49.8. The van der Waals surface area contributed by atoms with Crippen LogP contribution in [0, 0.1) is 0 Å². The van der Waals surface area contributed by atoms with E-state index in [-0.39, 0.29) is 0 Å². The van der Waals surface area contributed by atoms with Crippen molar-refractivity contribution in [3.8, 4) is 0 Å². The SMILES string of the molecule is [Cl][Rh]12([CH2][CH2]1)[CH2][CH2]2. The van der Waals surface area contributed by atoms with Crippen molar-refractivity contribution in [3.05, 3.63) is 0 Å². The molecule has 2 rings (SSSR count). The Morgan fingerprint density at radius 3 is 1.33 bits per heavy atom. The molecule has 2 heterocycles. The molecule has 40 valence electrons. The summed E-state index contributed by atoms with van der Waals surface area (Å²) in [5.41, 5.74) is 0. The van der Waals surface area contributed by atoms with Crippen LogP contribution in [-0.4, -0.2) is 0 Å². The van der Waals surface area contributed by atoms with Gasteiger partial charge in [0.2, 0.25) is 0 Å². The number of halogens is 1. The third-order valence-corrected chi connectivity index (χ3v) is 12.0. The monoisotopic (exact) mass is 194 g/mol. The number of hydrogen-bond donors (Lipinski definition) is 0. The van der Waals surface area contributed by atoms with Gasteiger partial charge in [0.05, 0.1) is 0 Å². The summed E-state index contributed by atoms with van der Waals surface area (Å²) < 4.78 is 0. The Balaban J connectivity index is 2.41. The molecule has 2 heteroatoms. The van der Waals surface area contributed by atoms with Crippen LogP contribution in [0.2, 0.25) is 20.1 Å². The Kier molecular flexibility index (Phi) is 0.413. The molecule has 0 nitrogen and oxygen atoms in total. The van der Waals surface area contributed by atoms with E-state index in [0.717, 1.165) is 0 Å². The van der Waals surface area contributed by atoms with E-state index in [1.807, 2.05) is 0 Å². The van der Waals surface area contributed by atoms with E-state index >= 15 is 0 Å². The molecule has 1 spiro atoms. The van der Waals surface area contributed by atoms with Crippen LogP contribution in [0.4, 0.5) is 0 Å². The Morgan fingerprint density at radius 1 is 1.00 bits per heavy atom. The maximum absolute atomic E-state index is 6.18. The van der Waals surface area contributed by atoms with Crippen molar-refractivity contribution >= 4 is 9.69 Å².